The lowest BCUT2D eigenvalue weighted by Crippen LogP contribution is -2.19. The van der Waals surface area contributed by atoms with Gasteiger partial charge in [0.05, 0.1) is 6.61 Å². The fraction of sp³-hybridized carbons (Fsp3) is 0.846. The minimum atomic E-state index is 0.0505. The van der Waals surface area contributed by atoms with Gasteiger partial charge in [0, 0.05) is 32.3 Å². The van der Waals surface area contributed by atoms with Crippen molar-refractivity contribution in [2.45, 2.75) is 38.2 Å². The third-order valence-corrected chi connectivity index (χ3v) is 4.30. The summed E-state index contributed by atoms with van der Waals surface area (Å²) in [5, 5.41) is 4.06. The Labute approximate surface area is 118 Å². The van der Waals surface area contributed by atoms with E-state index in [2.05, 4.69) is 14.7 Å². The number of nitrogens with zero attached hydrogens (tertiary/aromatic N) is 2. The van der Waals surface area contributed by atoms with E-state index in [4.69, 9.17) is 9.47 Å². The first kappa shape index (κ1) is 14.7. The molecule has 0 spiro atoms. The first-order valence-electron chi connectivity index (χ1n) is 6.94. The van der Waals surface area contributed by atoms with Crippen LogP contribution >= 0.6 is 11.5 Å². The van der Waals surface area contributed by atoms with Crippen LogP contribution in [0, 0.1) is 5.92 Å². The number of aromatic nitrogens is 2. The van der Waals surface area contributed by atoms with Gasteiger partial charge in [0.2, 0.25) is 5.13 Å². The summed E-state index contributed by atoms with van der Waals surface area (Å²) in [5.41, 5.74) is 0. The van der Waals surface area contributed by atoms with Gasteiger partial charge >= 0.3 is 0 Å². The lowest BCUT2D eigenvalue weighted by Gasteiger charge is -2.27. The molecule has 1 N–H and O–H groups in total. The molecule has 2 rings (SSSR count). The Hall–Kier alpha value is -0.720. The summed E-state index contributed by atoms with van der Waals surface area (Å²) in [4.78, 5) is 4.54. The van der Waals surface area contributed by atoms with Gasteiger partial charge in [-0.25, -0.2) is 4.98 Å². The van der Waals surface area contributed by atoms with Crippen molar-refractivity contribution >= 4 is 16.7 Å². The van der Waals surface area contributed by atoms with Crippen LogP contribution in [0.1, 0.15) is 44.0 Å². The van der Waals surface area contributed by atoms with Gasteiger partial charge in [0.25, 0.3) is 0 Å². The lowest BCUT2D eigenvalue weighted by molar-refractivity contribution is 0.0298. The molecule has 1 aliphatic carbocycles. The molecule has 1 fully saturated rings. The van der Waals surface area contributed by atoms with Crippen LogP contribution in [0.15, 0.2) is 0 Å². The molecule has 0 aliphatic heterocycles. The molecule has 1 unspecified atom stereocenters. The monoisotopic (exact) mass is 285 g/mol. The van der Waals surface area contributed by atoms with Crippen molar-refractivity contribution in [3.05, 3.63) is 5.82 Å². The van der Waals surface area contributed by atoms with Crippen LogP contribution in [0.2, 0.25) is 0 Å². The molecule has 5 nitrogen and oxygen atoms in total. The fourth-order valence-corrected chi connectivity index (χ4v) is 3.25. The molecule has 1 aliphatic rings. The Kier molecular flexibility index (Phi) is 6.00. The zero-order valence-corrected chi connectivity index (χ0v) is 12.5. The van der Waals surface area contributed by atoms with Gasteiger partial charge in [-0.1, -0.05) is 19.3 Å². The van der Waals surface area contributed by atoms with E-state index < -0.39 is 0 Å². The van der Waals surface area contributed by atoms with Crippen molar-refractivity contribution in [3.8, 4) is 0 Å². The predicted octanol–water partition coefficient (Wildman–Crippen LogP) is 2.86. The molecule has 6 heteroatoms. The van der Waals surface area contributed by atoms with Crippen LogP contribution in [0.3, 0.4) is 0 Å². The van der Waals surface area contributed by atoms with Gasteiger partial charge in [-0.15, -0.1) is 0 Å². The number of methoxy groups -OCH3 is 2. The number of nitrogens with one attached hydrogen (secondary N) is 1. The smallest absolute Gasteiger partial charge is 0.202 e. The second-order valence-corrected chi connectivity index (χ2v) is 5.68. The minimum absolute atomic E-state index is 0.0505. The third-order valence-electron chi connectivity index (χ3n) is 3.61. The lowest BCUT2D eigenvalue weighted by atomic mass is 9.85. The summed E-state index contributed by atoms with van der Waals surface area (Å²) in [5.74, 6) is 1.40. The maximum absolute atomic E-state index is 5.64. The van der Waals surface area contributed by atoms with Gasteiger partial charge in [0.15, 0.2) is 5.82 Å². The van der Waals surface area contributed by atoms with Gasteiger partial charge in [-0.05, 0) is 18.8 Å². The number of rotatable bonds is 7. The second kappa shape index (κ2) is 7.77. The maximum atomic E-state index is 5.64. The Bertz CT molecular complexity index is 367. The molecule has 0 bridgehead atoms. The molecule has 108 valence electrons. The van der Waals surface area contributed by atoms with E-state index in [-0.39, 0.29) is 6.10 Å². The zero-order valence-electron chi connectivity index (χ0n) is 11.7. The topological polar surface area (TPSA) is 56.3 Å². The first-order valence-corrected chi connectivity index (χ1v) is 7.71. The van der Waals surface area contributed by atoms with Crippen LogP contribution < -0.4 is 5.32 Å². The quantitative estimate of drug-likeness (QED) is 0.781. The maximum Gasteiger partial charge on any atom is 0.202 e. The highest BCUT2D eigenvalue weighted by molar-refractivity contribution is 7.09. The Morgan fingerprint density at radius 3 is 2.79 bits per heavy atom. The predicted molar refractivity (Wildman–Crippen MR) is 76.6 cm³/mol. The molecule has 0 saturated heterocycles. The Morgan fingerprint density at radius 1 is 1.32 bits per heavy atom. The summed E-state index contributed by atoms with van der Waals surface area (Å²) in [7, 11) is 3.45. The van der Waals surface area contributed by atoms with Crippen molar-refractivity contribution in [2.24, 2.45) is 5.92 Å². The highest BCUT2D eigenvalue weighted by atomic mass is 32.1. The normalized spacial score (nSPS) is 18.4. The molecule has 0 amide bonds. The zero-order chi connectivity index (χ0) is 13.5. The van der Waals surface area contributed by atoms with Crippen LogP contribution in [-0.2, 0) is 9.47 Å². The molecular formula is C13H23N3O2S. The van der Waals surface area contributed by atoms with Crippen molar-refractivity contribution < 1.29 is 9.47 Å². The van der Waals surface area contributed by atoms with E-state index in [0.717, 1.165) is 17.5 Å². The number of ether oxygens (including phenoxy) is 2. The fourth-order valence-electron chi connectivity index (χ4n) is 2.63. The van der Waals surface area contributed by atoms with E-state index in [0.29, 0.717) is 12.5 Å². The van der Waals surface area contributed by atoms with E-state index in [9.17, 15) is 0 Å². The van der Waals surface area contributed by atoms with Crippen molar-refractivity contribution in [1.29, 1.82) is 0 Å². The number of hydrogen-bond acceptors (Lipinski definition) is 6. The highest BCUT2D eigenvalue weighted by Gasteiger charge is 2.28. The molecule has 19 heavy (non-hydrogen) atoms. The first-order chi connectivity index (χ1) is 9.35. The van der Waals surface area contributed by atoms with Crippen LogP contribution in [0.5, 0.6) is 0 Å². The summed E-state index contributed by atoms with van der Waals surface area (Å²) >= 11 is 1.40. The second-order valence-electron chi connectivity index (χ2n) is 4.93. The average molecular weight is 285 g/mol. The van der Waals surface area contributed by atoms with Crippen molar-refractivity contribution in [2.75, 3.05) is 32.7 Å². The number of hydrogen-bond donors (Lipinski definition) is 1. The number of anilines is 1. The summed E-state index contributed by atoms with van der Waals surface area (Å²) in [6.07, 6.45) is 6.45. The van der Waals surface area contributed by atoms with E-state index in [1.165, 1.54) is 43.6 Å². The van der Waals surface area contributed by atoms with Gasteiger partial charge in [0.1, 0.15) is 6.10 Å². The van der Waals surface area contributed by atoms with Crippen LogP contribution in [-0.4, -0.2) is 36.7 Å². The summed E-state index contributed by atoms with van der Waals surface area (Å²) < 4.78 is 15.1. The molecule has 0 aromatic carbocycles. The van der Waals surface area contributed by atoms with Gasteiger partial charge < -0.3 is 14.8 Å². The molecule has 1 atom stereocenters. The minimum Gasteiger partial charge on any atom is -0.383 e. The Balaban J connectivity index is 1.94. The third kappa shape index (κ3) is 4.12. The summed E-state index contributed by atoms with van der Waals surface area (Å²) in [6.45, 7) is 1.43. The average Bonchev–Trinajstić information content (AvgIpc) is 2.90. The Morgan fingerprint density at radius 2 is 2.11 bits per heavy atom. The molecule has 0 radical (unpaired) electrons. The molecule has 1 heterocycles. The summed E-state index contributed by atoms with van der Waals surface area (Å²) in [6, 6.07) is 0. The van der Waals surface area contributed by atoms with E-state index in [1.54, 1.807) is 14.2 Å². The molecular weight excluding hydrogens is 262 g/mol. The van der Waals surface area contributed by atoms with Gasteiger partial charge in [-0.3, -0.25) is 0 Å². The largest absolute Gasteiger partial charge is 0.383 e. The molecule has 1 aromatic rings. The molecule has 1 saturated carbocycles. The van der Waals surface area contributed by atoms with E-state index in [1.807, 2.05) is 0 Å². The van der Waals surface area contributed by atoms with Gasteiger partial charge in [-0.2, -0.15) is 4.37 Å². The van der Waals surface area contributed by atoms with Crippen molar-refractivity contribution in [3.63, 3.8) is 0 Å². The molecule has 1 aromatic heterocycles. The van der Waals surface area contributed by atoms with Crippen molar-refractivity contribution in [1.82, 2.24) is 9.36 Å². The van der Waals surface area contributed by atoms with E-state index >= 15 is 0 Å². The SMILES string of the molecule is COCCNc1nc(C(OC)C2CCCCC2)ns1. The van der Waals surface area contributed by atoms with Crippen LogP contribution in [0.4, 0.5) is 5.13 Å². The van der Waals surface area contributed by atoms with Crippen LogP contribution in [0.25, 0.3) is 0 Å². The standard InChI is InChI=1S/C13H23N3O2S/c1-17-9-8-14-13-15-12(16-19-13)11(18-2)10-6-4-3-5-7-10/h10-11H,3-9H2,1-2H3,(H,14,15,16). The highest BCUT2D eigenvalue weighted by Crippen LogP contribution is 2.36.